The van der Waals surface area contributed by atoms with Gasteiger partial charge in [-0.05, 0) is 45.9 Å². The Morgan fingerprint density at radius 3 is 2.55 bits per heavy atom. The predicted octanol–water partition coefficient (Wildman–Crippen LogP) is -0.332. The van der Waals surface area contributed by atoms with E-state index in [4.69, 9.17) is 19.3 Å². The number of amides is 1. The summed E-state index contributed by atoms with van der Waals surface area (Å²) in [7, 11) is -1.93. The lowest BCUT2D eigenvalue weighted by Gasteiger charge is -2.28. The quantitative estimate of drug-likeness (QED) is 0.137. The molecule has 1 aliphatic heterocycles. The Bertz CT molecular complexity index is 473. The van der Waals surface area contributed by atoms with Gasteiger partial charge < -0.3 is 34.8 Å². The molecule has 0 unspecified atom stereocenters. The predicted molar refractivity (Wildman–Crippen MR) is 112 cm³/mol. The van der Waals surface area contributed by atoms with Gasteiger partial charge in [-0.1, -0.05) is 6.42 Å². The van der Waals surface area contributed by atoms with E-state index >= 15 is 0 Å². The van der Waals surface area contributed by atoms with Gasteiger partial charge in [0.15, 0.2) is 0 Å². The van der Waals surface area contributed by atoms with Crippen molar-refractivity contribution < 1.29 is 28.6 Å². The Kier molecular flexibility index (Phi) is 14.7. The monoisotopic (exact) mass is 438 g/mol. The molecule has 1 rings (SSSR count). The van der Waals surface area contributed by atoms with Gasteiger partial charge >= 0.3 is 7.60 Å². The van der Waals surface area contributed by atoms with Crippen LogP contribution in [0.15, 0.2) is 0 Å². The van der Waals surface area contributed by atoms with Crippen LogP contribution in [0.3, 0.4) is 0 Å². The number of rotatable bonds is 17. The van der Waals surface area contributed by atoms with E-state index in [1.54, 1.807) is 0 Å². The number of likely N-dealkylation sites (N-methyl/N-ethyl adjacent to an activating group) is 1. The molecule has 0 spiro atoms. The number of likely N-dealkylation sites (tertiary alicyclic amines) is 1. The van der Waals surface area contributed by atoms with Crippen LogP contribution in [0.4, 0.5) is 0 Å². The van der Waals surface area contributed by atoms with Crippen LogP contribution < -0.4 is 10.6 Å². The fourth-order valence-electron chi connectivity index (χ4n) is 2.98. The average Bonchev–Trinajstić information content (AvgIpc) is 2.67. The molecule has 0 aliphatic carbocycles. The van der Waals surface area contributed by atoms with Crippen molar-refractivity contribution in [3.63, 3.8) is 0 Å². The van der Waals surface area contributed by atoms with Gasteiger partial charge in [0.25, 0.3) is 0 Å². The molecule has 10 nitrogen and oxygen atoms in total. The third-order valence-corrected chi connectivity index (χ3v) is 5.53. The van der Waals surface area contributed by atoms with E-state index in [2.05, 4.69) is 15.5 Å². The third-order valence-electron chi connectivity index (χ3n) is 4.63. The number of carbonyl (C=O) groups is 1. The summed E-state index contributed by atoms with van der Waals surface area (Å²) in [6.45, 7) is 7.23. The molecule has 0 atom stereocenters. The number of hydrogen-bond donors (Lipinski definition) is 4. The number of piperidine rings is 1. The van der Waals surface area contributed by atoms with Gasteiger partial charge in [-0.3, -0.25) is 14.3 Å². The largest absolute Gasteiger partial charge is 0.378 e. The van der Waals surface area contributed by atoms with E-state index in [1.165, 1.54) is 32.4 Å². The molecular weight excluding hydrogens is 399 g/mol. The van der Waals surface area contributed by atoms with Crippen LogP contribution in [0, 0.1) is 0 Å². The van der Waals surface area contributed by atoms with Crippen molar-refractivity contribution >= 4 is 13.5 Å². The van der Waals surface area contributed by atoms with Gasteiger partial charge in [-0.2, -0.15) is 0 Å². The molecule has 4 N–H and O–H groups in total. The van der Waals surface area contributed by atoms with Crippen molar-refractivity contribution in [3.05, 3.63) is 0 Å². The van der Waals surface area contributed by atoms with Gasteiger partial charge in [0.05, 0.1) is 32.5 Å². The molecule has 1 saturated heterocycles. The summed E-state index contributed by atoms with van der Waals surface area (Å²) in [5.74, 6) is -0.0495. The molecule has 0 bridgehead atoms. The van der Waals surface area contributed by atoms with Crippen molar-refractivity contribution in [1.82, 2.24) is 20.4 Å². The standard InChI is InChI=1S/C18H39N4O6P/c1-21(10-11-22-8-3-2-4-9-22)16-18(23)20-17-28-14-13-27-12-7-19-6-5-15-29(24,25)26/h19H,2-17H2,1H3,(H,20,23)(H2,24,25,26). The van der Waals surface area contributed by atoms with E-state index in [0.717, 1.165) is 13.1 Å². The number of ether oxygens (including phenoxy) is 2. The van der Waals surface area contributed by atoms with Crippen molar-refractivity contribution in [2.45, 2.75) is 25.7 Å². The smallest absolute Gasteiger partial charge is 0.325 e. The fraction of sp³-hybridized carbons (Fsp3) is 0.944. The minimum atomic E-state index is -3.89. The van der Waals surface area contributed by atoms with Crippen LogP contribution in [0.25, 0.3) is 0 Å². The van der Waals surface area contributed by atoms with Gasteiger partial charge in [-0.15, -0.1) is 0 Å². The van der Waals surface area contributed by atoms with Crippen LogP contribution in [-0.2, 0) is 18.8 Å². The van der Waals surface area contributed by atoms with E-state index in [-0.39, 0.29) is 18.8 Å². The zero-order chi connectivity index (χ0) is 21.4. The highest BCUT2D eigenvalue weighted by Gasteiger charge is 2.12. The van der Waals surface area contributed by atoms with Crippen LogP contribution in [-0.4, -0.2) is 111 Å². The molecule has 29 heavy (non-hydrogen) atoms. The lowest BCUT2D eigenvalue weighted by atomic mass is 10.1. The normalized spacial score (nSPS) is 15.7. The number of hydrogen-bond acceptors (Lipinski definition) is 7. The molecule has 0 radical (unpaired) electrons. The van der Waals surface area contributed by atoms with Crippen molar-refractivity contribution in [3.8, 4) is 0 Å². The minimum Gasteiger partial charge on any atom is -0.378 e. The topological polar surface area (TPSA) is 124 Å². The Balaban J connectivity index is 1.84. The molecular formula is C18H39N4O6P. The Morgan fingerprint density at radius 1 is 1.10 bits per heavy atom. The molecule has 1 aliphatic rings. The van der Waals surface area contributed by atoms with Crippen molar-refractivity contribution in [2.75, 3.05) is 85.6 Å². The molecule has 1 fully saturated rings. The molecule has 0 aromatic heterocycles. The van der Waals surface area contributed by atoms with Crippen molar-refractivity contribution in [1.29, 1.82) is 0 Å². The first-order valence-corrected chi connectivity index (χ1v) is 12.2. The number of carbonyl (C=O) groups excluding carboxylic acids is 1. The highest BCUT2D eigenvalue weighted by Crippen LogP contribution is 2.34. The molecule has 1 amide bonds. The third kappa shape index (κ3) is 16.9. The molecule has 172 valence electrons. The molecule has 0 saturated carbocycles. The van der Waals surface area contributed by atoms with Gasteiger partial charge in [0.2, 0.25) is 5.91 Å². The number of nitrogens with one attached hydrogen (secondary N) is 2. The zero-order valence-corrected chi connectivity index (χ0v) is 18.6. The van der Waals surface area contributed by atoms with Crippen LogP contribution in [0.2, 0.25) is 0 Å². The summed E-state index contributed by atoms with van der Waals surface area (Å²) in [5.41, 5.74) is 0. The summed E-state index contributed by atoms with van der Waals surface area (Å²) in [4.78, 5) is 33.8. The number of nitrogens with zero attached hydrogens (tertiary/aromatic N) is 2. The fourth-order valence-corrected chi connectivity index (χ4v) is 3.55. The SMILES string of the molecule is CN(CCN1CCCCC1)CC(=O)NCOCCOCCNCCCP(=O)(O)O. The van der Waals surface area contributed by atoms with Crippen molar-refractivity contribution in [2.24, 2.45) is 0 Å². The Labute approximate surface area is 174 Å². The summed E-state index contributed by atoms with van der Waals surface area (Å²) >= 11 is 0. The molecule has 11 heteroatoms. The van der Waals surface area contributed by atoms with Gasteiger partial charge in [0.1, 0.15) is 6.73 Å². The summed E-state index contributed by atoms with van der Waals surface area (Å²) < 4.78 is 21.4. The van der Waals surface area contributed by atoms with E-state index in [0.29, 0.717) is 45.9 Å². The minimum absolute atomic E-state index is 0.0495. The first kappa shape index (κ1) is 26.5. The maximum Gasteiger partial charge on any atom is 0.325 e. The summed E-state index contributed by atoms with van der Waals surface area (Å²) in [6.07, 6.45) is 4.22. The first-order chi connectivity index (χ1) is 13.9. The lowest BCUT2D eigenvalue weighted by Crippen LogP contribution is -2.41. The van der Waals surface area contributed by atoms with Gasteiger partial charge in [-0.25, -0.2) is 0 Å². The van der Waals surface area contributed by atoms with Crippen LogP contribution in [0.1, 0.15) is 25.7 Å². The summed E-state index contributed by atoms with van der Waals surface area (Å²) in [5, 5.41) is 5.79. The maximum atomic E-state index is 11.9. The van der Waals surface area contributed by atoms with E-state index in [9.17, 15) is 9.36 Å². The second-order valence-electron chi connectivity index (χ2n) is 7.40. The molecule has 0 aromatic carbocycles. The summed E-state index contributed by atoms with van der Waals surface area (Å²) in [6, 6.07) is 0. The molecule has 0 aromatic rings. The average molecular weight is 439 g/mol. The van der Waals surface area contributed by atoms with Crippen LogP contribution in [0.5, 0.6) is 0 Å². The zero-order valence-electron chi connectivity index (χ0n) is 17.7. The first-order valence-electron chi connectivity index (χ1n) is 10.5. The Morgan fingerprint density at radius 2 is 1.83 bits per heavy atom. The highest BCUT2D eigenvalue weighted by molar-refractivity contribution is 7.51. The van der Waals surface area contributed by atoms with E-state index in [1.807, 2.05) is 11.9 Å². The van der Waals surface area contributed by atoms with E-state index < -0.39 is 7.60 Å². The second kappa shape index (κ2) is 16.2. The molecule has 1 heterocycles. The maximum absolute atomic E-state index is 11.9. The van der Waals surface area contributed by atoms with Crippen LogP contribution >= 0.6 is 7.60 Å². The highest BCUT2D eigenvalue weighted by atomic mass is 31.2. The van der Waals surface area contributed by atoms with Gasteiger partial charge in [0, 0.05) is 19.6 Å². The lowest BCUT2D eigenvalue weighted by molar-refractivity contribution is -0.123. The second-order valence-corrected chi connectivity index (χ2v) is 9.17. The Hall–Kier alpha value is -0.580.